The van der Waals surface area contributed by atoms with Crippen LogP contribution < -0.4 is 11.5 Å². The van der Waals surface area contributed by atoms with Crippen LogP contribution in [0.2, 0.25) is 0 Å². The van der Waals surface area contributed by atoms with Crippen molar-refractivity contribution in [1.82, 2.24) is 0 Å². The summed E-state index contributed by atoms with van der Waals surface area (Å²) >= 11 is 1.75. The van der Waals surface area contributed by atoms with Crippen molar-refractivity contribution in [2.24, 2.45) is 16.5 Å². The minimum absolute atomic E-state index is 0.177. The van der Waals surface area contributed by atoms with Gasteiger partial charge in [0.2, 0.25) is 0 Å². The van der Waals surface area contributed by atoms with Gasteiger partial charge in [-0.15, -0.1) is 0 Å². The van der Waals surface area contributed by atoms with E-state index in [9.17, 15) is 0 Å². The van der Waals surface area contributed by atoms with Crippen LogP contribution in [0.25, 0.3) is 0 Å². The van der Waals surface area contributed by atoms with E-state index in [0.717, 1.165) is 0 Å². The van der Waals surface area contributed by atoms with Crippen LogP contribution >= 0.6 is 11.8 Å². The smallest absolute Gasteiger partial charge is 0.185 e. The van der Waals surface area contributed by atoms with Gasteiger partial charge < -0.3 is 11.5 Å². The summed E-state index contributed by atoms with van der Waals surface area (Å²) in [6.45, 7) is 2.79. The molecule has 0 rings (SSSR count). The number of nitrogens with zero attached hydrogens (tertiary/aromatic N) is 1. The van der Waals surface area contributed by atoms with E-state index in [4.69, 9.17) is 11.5 Å². The SMILES string of the molecule is CSC(C)CN=C(N)N. The summed E-state index contributed by atoms with van der Waals surface area (Å²) in [6, 6.07) is 0. The zero-order valence-electron chi connectivity index (χ0n) is 5.79. The molecule has 4 heteroatoms. The maximum absolute atomic E-state index is 5.11. The first kappa shape index (κ1) is 8.62. The summed E-state index contributed by atoms with van der Waals surface area (Å²) in [5, 5.41) is 0.507. The summed E-state index contributed by atoms with van der Waals surface area (Å²) in [4.78, 5) is 3.85. The van der Waals surface area contributed by atoms with Gasteiger partial charge in [-0.2, -0.15) is 11.8 Å². The zero-order chi connectivity index (χ0) is 7.28. The minimum Gasteiger partial charge on any atom is -0.370 e. The third kappa shape index (κ3) is 5.49. The number of aliphatic imine (C=N–C) groups is 1. The molecular formula is C5H13N3S. The van der Waals surface area contributed by atoms with Crippen molar-refractivity contribution in [1.29, 1.82) is 0 Å². The first-order valence-corrected chi connectivity index (χ1v) is 4.03. The van der Waals surface area contributed by atoms with Crippen molar-refractivity contribution in [3.8, 4) is 0 Å². The van der Waals surface area contributed by atoms with E-state index in [0.29, 0.717) is 11.8 Å². The highest BCUT2D eigenvalue weighted by molar-refractivity contribution is 7.99. The van der Waals surface area contributed by atoms with Crippen LogP contribution in [-0.2, 0) is 0 Å². The molecule has 0 bridgehead atoms. The predicted molar refractivity (Wildman–Crippen MR) is 43.7 cm³/mol. The lowest BCUT2D eigenvalue weighted by Crippen LogP contribution is -2.24. The Balaban J connectivity index is 3.37. The molecule has 0 aromatic rings. The molecule has 0 amide bonds. The van der Waals surface area contributed by atoms with Crippen LogP contribution in [0.1, 0.15) is 6.92 Å². The molecule has 54 valence electrons. The number of hydrogen-bond acceptors (Lipinski definition) is 2. The molecule has 0 aliphatic rings. The summed E-state index contributed by atoms with van der Waals surface area (Å²) in [5.74, 6) is 0.177. The first-order valence-electron chi connectivity index (χ1n) is 2.75. The Morgan fingerprint density at radius 2 is 2.22 bits per heavy atom. The number of rotatable bonds is 3. The first-order chi connectivity index (χ1) is 4.16. The van der Waals surface area contributed by atoms with Crippen LogP contribution in [-0.4, -0.2) is 24.0 Å². The molecule has 9 heavy (non-hydrogen) atoms. The fourth-order valence-electron chi connectivity index (χ4n) is 0.308. The van der Waals surface area contributed by atoms with Crippen LogP contribution in [0, 0.1) is 0 Å². The van der Waals surface area contributed by atoms with Gasteiger partial charge in [0.15, 0.2) is 5.96 Å². The van der Waals surface area contributed by atoms with Gasteiger partial charge in [0.25, 0.3) is 0 Å². The minimum atomic E-state index is 0.177. The predicted octanol–water partition coefficient (Wildman–Crippen LogP) is 0.0113. The van der Waals surface area contributed by atoms with E-state index in [2.05, 4.69) is 11.9 Å². The van der Waals surface area contributed by atoms with Crippen LogP contribution in [0.5, 0.6) is 0 Å². The third-order valence-corrected chi connectivity index (χ3v) is 1.89. The van der Waals surface area contributed by atoms with Crippen molar-refractivity contribution in [2.45, 2.75) is 12.2 Å². The lowest BCUT2D eigenvalue weighted by atomic mass is 10.5. The average molecular weight is 147 g/mol. The maximum atomic E-state index is 5.11. The fourth-order valence-corrected chi connectivity index (χ4v) is 0.532. The molecule has 0 heterocycles. The van der Waals surface area contributed by atoms with E-state index in [1.807, 2.05) is 6.26 Å². The van der Waals surface area contributed by atoms with Crippen molar-refractivity contribution in [3.05, 3.63) is 0 Å². The lowest BCUT2D eigenvalue weighted by Gasteiger charge is -2.01. The molecule has 0 fully saturated rings. The molecule has 0 saturated heterocycles. The quantitative estimate of drug-likeness (QED) is 0.436. The van der Waals surface area contributed by atoms with E-state index in [-0.39, 0.29) is 5.96 Å². The van der Waals surface area contributed by atoms with Crippen molar-refractivity contribution >= 4 is 17.7 Å². The van der Waals surface area contributed by atoms with Crippen LogP contribution in [0.3, 0.4) is 0 Å². The van der Waals surface area contributed by atoms with Gasteiger partial charge in [-0.05, 0) is 6.26 Å². The standard InChI is InChI=1S/C5H13N3S/c1-4(9-2)3-8-5(6)7/h4H,3H2,1-2H3,(H4,6,7,8). The Hall–Kier alpha value is -0.380. The van der Waals surface area contributed by atoms with E-state index < -0.39 is 0 Å². The third-order valence-electron chi connectivity index (χ3n) is 0.933. The van der Waals surface area contributed by atoms with E-state index in [1.165, 1.54) is 0 Å². The monoisotopic (exact) mass is 147 g/mol. The number of nitrogens with two attached hydrogens (primary N) is 2. The number of thioether (sulfide) groups is 1. The molecule has 0 aliphatic carbocycles. The van der Waals surface area contributed by atoms with Crippen LogP contribution in [0.4, 0.5) is 0 Å². The second-order valence-corrected chi connectivity index (χ2v) is 3.09. The van der Waals surface area contributed by atoms with Crippen molar-refractivity contribution in [3.63, 3.8) is 0 Å². The Bertz CT molecular complexity index is 98.4. The molecule has 0 aromatic heterocycles. The molecule has 0 aliphatic heterocycles. The Labute approximate surface area is 59.9 Å². The maximum Gasteiger partial charge on any atom is 0.185 e. The van der Waals surface area contributed by atoms with E-state index >= 15 is 0 Å². The van der Waals surface area contributed by atoms with Gasteiger partial charge in [-0.1, -0.05) is 6.92 Å². The van der Waals surface area contributed by atoms with Gasteiger partial charge in [-0.25, -0.2) is 0 Å². The Morgan fingerprint density at radius 3 is 2.56 bits per heavy atom. The molecule has 0 spiro atoms. The molecule has 4 N–H and O–H groups in total. The van der Waals surface area contributed by atoms with Gasteiger partial charge in [-0.3, -0.25) is 4.99 Å². The second-order valence-electron chi connectivity index (χ2n) is 1.81. The molecule has 0 radical (unpaired) electrons. The van der Waals surface area contributed by atoms with Gasteiger partial charge >= 0.3 is 0 Å². The van der Waals surface area contributed by atoms with Crippen molar-refractivity contribution in [2.75, 3.05) is 12.8 Å². The average Bonchev–Trinajstić information content (AvgIpc) is 1.83. The topological polar surface area (TPSA) is 64.4 Å². The summed E-state index contributed by atoms with van der Waals surface area (Å²) in [7, 11) is 0. The molecule has 1 unspecified atom stereocenters. The van der Waals surface area contributed by atoms with Gasteiger partial charge in [0, 0.05) is 5.25 Å². The van der Waals surface area contributed by atoms with E-state index in [1.54, 1.807) is 11.8 Å². The highest BCUT2D eigenvalue weighted by atomic mass is 32.2. The zero-order valence-corrected chi connectivity index (χ0v) is 6.61. The van der Waals surface area contributed by atoms with Crippen molar-refractivity contribution < 1.29 is 0 Å². The molecule has 1 atom stereocenters. The lowest BCUT2D eigenvalue weighted by molar-refractivity contribution is 0.949. The summed E-state index contributed by atoms with van der Waals surface area (Å²) < 4.78 is 0. The van der Waals surface area contributed by atoms with Gasteiger partial charge in [0.05, 0.1) is 6.54 Å². The fraction of sp³-hybridized carbons (Fsp3) is 0.800. The number of hydrogen-bond donors (Lipinski definition) is 2. The molecular weight excluding hydrogens is 134 g/mol. The summed E-state index contributed by atoms with van der Waals surface area (Å²) in [5.41, 5.74) is 10.2. The van der Waals surface area contributed by atoms with Crippen LogP contribution in [0.15, 0.2) is 4.99 Å². The molecule has 0 aromatic carbocycles. The Kier molecular flexibility index (Phi) is 4.30. The highest BCUT2D eigenvalue weighted by Crippen LogP contribution is 2.03. The molecule has 0 saturated carbocycles. The molecule has 3 nitrogen and oxygen atoms in total. The second kappa shape index (κ2) is 4.49. The number of guanidine groups is 1. The Morgan fingerprint density at radius 1 is 1.67 bits per heavy atom. The largest absolute Gasteiger partial charge is 0.370 e. The normalized spacial score (nSPS) is 12.7. The highest BCUT2D eigenvalue weighted by Gasteiger charge is 1.94. The van der Waals surface area contributed by atoms with Gasteiger partial charge in [0.1, 0.15) is 0 Å². The summed E-state index contributed by atoms with van der Waals surface area (Å²) in [6.07, 6.45) is 2.03.